The van der Waals surface area contributed by atoms with Gasteiger partial charge in [0, 0.05) is 47.9 Å². The summed E-state index contributed by atoms with van der Waals surface area (Å²) in [6, 6.07) is 14.0. The first-order valence-electron chi connectivity index (χ1n) is 12.6. The summed E-state index contributed by atoms with van der Waals surface area (Å²) in [6.45, 7) is 0.318. The number of pyridine rings is 2. The number of fused-ring (bicyclic) bond motifs is 2. The minimum atomic E-state index is -0.718. The highest BCUT2D eigenvalue weighted by Crippen LogP contribution is 2.37. The van der Waals surface area contributed by atoms with Crippen LogP contribution in [0, 0.1) is 11.6 Å². The van der Waals surface area contributed by atoms with E-state index >= 15 is 4.39 Å². The van der Waals surface area contributed by atoms with Crippen LogP contribution in [0.5, 0.6) is 28.7 Å². The van der Waals surface area contributed by atoms with Gasteiger partial charge in [-0.25, -0.2) is 8.78 Å². The molecule has 3 aromatic carbocycles. The molecule has 41 heavy (non-hydrogen) atoms. The number of hydrogen-bond donors (Lipinski definition) is 1. The summed E-state index contributed by atoms with van der Waals surface area (Å²) in [6.07, 6.45) is 3.31. The van der Waals surface area contributed by atoms with E-state index in [2.05, 4.69) is 4.98 Å². The van der Waals surface area contributed by atoms with Crippen LogP contribution in [0.25, 0.3) is 16.6 Å². The summed E-state index contributed by atoms with van der Waals surface area (Å²) in [5.74, 6) is -1.17. The maximum atomic E-state index is 15.2. The van der Waals surface area contributed by atoms with Crippen LogP contribution >= 0.6 is 0 Å². The summed E-state index contributed by atoms with van der Waals surface area (Å²) in [4.78, 5) is 31.0. The molecule has 6 rings (SSSR count). The molecule has 206 valence electrons. The van der Waals surface area contributed by atoms with Crippen molar-refractivity contribution < 1.29 is 32.9 Å². The minimum absolute atomic E-state index is 0.0938. The molecular formula is C31H22F2N2O6. The number of ketones is 1. The predicted molar refractivity (Wildman–Crippen MR) is 146 cm³/mol. The van der Waals surface area contributed by atoms with E-state index < -0.39 is 23.0 Å². The van der Waals surface area contributed by atoms with Crippen LogP contribution in [-0.4, -0.2) is 34.2 Å². The highest BCUT2D eigenvalue weighted by atomic mass is 19.1. The molecule has 1 N–H and O–H groups in total. The van der Waals surface area contributed by atoms with Gasteiger partial charge in [-0.05, 0) is 54.1 Å². The minimum Gasteiger partial charge on any atom is -0.504 e. The van der Waals surface area contributed by atoms with Crippen LogP contribution in [0.2, 0.25) is 0 Å². The zero-order valence-electron chi connectivity index (χ0n) is 21.7. The first-order valence-corrected chi connectivity index (χ1v) is 12.6. The average molecular weight is 557 g/mol. The Balaban J connectivity index is 1.29. The number of benzene rings is 3. The Hall–Kier alpha value is -5.25. The van der Waals surface area contributed by atoms with Gasteiger partial charge in [0.2, 0.25) is 0 Å². The van der Waals surface area contributed by atoms with E-state index in [9.17, 15) is 19.1 Å². The Morgan fingerprint density at radius 2 is 1.85 bits per heavy atom. The van der Waals surface area contributed by atoms with Crippen molar-refractivity contribution in [2.75, 3.05) is 13.7 Å². The SMILES string of the molecule is COc1cc2c(Oc3ccc(CC(=O)c4c5c(cn(-c6ccc(F)cc6)c4=O)CCO5)cc3F)ccnc2cc1O. The van der Waals surface area contributed by atoms with Gasteiger partial charge < -0.3 is 19.3 Å². The van der Waals surface area contributed by atoms with E-state index in [1.165, 1.54) is 72.5 Å². The molecule has 0 saturated carbocycles. The molecule has 5 aromatic rings. The van der Waals surface area contributed by atoms with Gasteiger partial charge in [0.15, 0.2) is 28.8 Å². The molecule has 0 saturated heterocycles. The van der Waals surface area contributed by atoms with Crippen molar-refractivity contribution in [3.8, 4) is 34.4 Å². The molecule has 0 bridgehead atoms. The van der Waals surface area contributed by atoms with E-state index in [-0.39, 0.29) is 40.7 Å². The summed E-state index contributed by atoms with van der Waals surface area (Å²) in [7, 11) is 1.41. The summed E-state index contributed by atoms with van der Waals surface area (Å²) < 4.78 is 46.5. The zero-order chi connectivity index (χ0) is 28.7. The second-order valence-electron chi connectivity index (χ2n) is 9.43. The molecule has 1 aliphatic heterocycles. The Morgan fingerprint density at radius 1 is 1.05 bits per heavy atom. The zero-order valence-corrected chi connectivity index (χ0v) is 21.7. The van der Waals surface area contributed by atoms with Gasteiger partial charge in [0.1, 0.15) is 22.9 Å². The average Bonchev–Trinajstić information content (AvgIpc) is 3.42. The second-order valence-corrected chi connectivity index (χ2v) is 9.43. The maximum Gasteiger partial charge on any atom is 0.269 e. The molecule has 0 radical (unpaired) electrons. The van der Waals surface area contributed by atoms with Crippen molar-refractivity contribution >= 4 is 16.7 Å². The number of ether oxygens (including phenoxy) is 3. The van der Waals surface area contributed by atoms with Crippen molar-refractivity contribution in [1.82, 2.24) is 9.55 Å². The summed E-state index contributed by atoms with van der Waals surface area (Å²) in [5.41, 5.74) is 1.10. The smallest absolute Gasteiger partial charge is 0.269 e. The molecule has 0 unspecified atom stereocenters. The van der Waals surface area contributed by atoms with Crippen LogP contribution in [0.1, 0.15) is 21.5 Å². The monoisotopic (exact) mass is 556 g/mol. The Labute approximate surface area is 232 Å². The van der Waals surface area contributed by atoms with Crippen molar-refractivity contribution in [3.63, 3.8) is 0 Å². The Kier molecular flexibility index (Phi) is 6.58. The van der Waals surface area contributed by atoms with Gasteiger partial charge in [-0.1, -0.05) is 6.07 Å². The summed E-state index contributed by atoms with van der Waals surface area (Å²) >= 11 is 0. The molecule has 0 atom stereocenters. The maximum absolute atomic E-state index is 15.2. The fraction of sp³-hybridized carbons (Fsp3) is 0.129. The van der Waals surface area contributed by atoms with E-state index in [0.29, 0.717) is 40.7 Å². The number of Topliss-reactive ketones (excluding diaryl/α,β-unsaturated/α-hetero) is 1. The van der Waals surface area contributed by atoms with Gasteiger partial charge in [0.05, 0.1) is 19.2 Å². The molecule has 0 fully saturated rings. The molecule has 0 amide bonds. The first-order chi connectivity index (χ1) is 19.8. The Bertz CT molecular complexity index is 1890. The normalized spacial score (nSPS) is 12.2. The third kappa shape index (κ3) is 4.84. The lowest BCUT2D eigenvalue weighted by Gasteiger charge is -2.13. The molecule has 8 nitrogen and oxygen atoms in total. The van der Waals surface area contributed by atoms with Crippen molar-refractivity contribution in [2.24, 2.45) is 0 Å². The fourth-order valence-corrected chi connectivity index (χ4v) is 4.81. The number of aromatic nitrogens is 2. The third-order valence-electron chi connectivity index (χ3n) is 6.82. The molecule has 1 aliphatic rings. The lowest BCUT2D eigenvalue weighted by atomic mass is 10.0. The Morgan fingerprint density at radius 3 is 2.61 bits per heavy atom. The van der Waals surface area contributed by atoms with Gasteiger partial charge in [-0.15, -0.1) is 0 Å². The summed E-state index contributed by atoms with van der Waals surface area (Å²) in [5, 5.41) is 10.5. The van der Waals surface area contributed by atoms with Crippen LogP contribution in [-0.2, 0) is 12.8 Å². The number of carbonyl (C=O) groups excluding carboxylic acids is 1. The molecular weight excluding hydrogens is 534 g/mol. The number of nitrogens with zero attached hydrogens (tertiary/aromatic N) is 2. The predicted octanol–water partition coefficient (Wildman–Crippen LogP) is 5.53. The van der Waals surface area contributed by atoms with E-state index in [4.69, 9.17) is 14.2 Å². The van der Waals surface area contributed by atoms with Crippen molar-refractivity contribution in [2.45, 2.75) is 12.8 Å². The van der Waals surface area contributed by atoms with Gasteiger partial charge >= 0.3 is 0 Å². The quantitative estimate of drug-likeness (QED) is 0.263. The fourth-order valence-electron chi connectivity index (χ4n) is 4.81. The lowest BCUT2D eigenvalue weighted by molar-refractivity contribution is 0.0988. The highest BCUT2D eigenvalue weighted by molar-refractivity contribution is 6.00. The van der Waals surface area contributed by atoms with Gasteiger partial charge in [-0.2, -0.15) is 0 Å². The topological polar surface area (TPSA) is 99.9 Å². The van der Waals surface area contributed by atoms with E-state index in [1.54, 1.807) is 12.3 Å². The number of phenolic OH excluding ortho intramolecular Hbond substituents is 1. The van der Waals surface area contributed by atoms with Crippen LogP contribution in [0.15, 0.2) is 77.9 Å². The van der Waals surface area contributed by atoms with Crippen LogP contribution in [0.3, 0.4) is 0 Å². The van der Waals surface area contributed by atoms with Crippen molar-refractivity contribution in [1.29, 1.82) is 0 Å². The van der Waals surface area contributed by atoms with Gasteiger partial charge in [0.25, 0.3) is 5.56 Å². The van der Waals surface area contributed by atoms with E-state index in [1.807, 2.05) is 0 Å². The molecule has 0 aliphatic carbocycles. The van der Waals surface area contributed by atoms with Crippen LogP contribution < -0.4 is 19.8 Å². The van der Waals surface area contributed by atoms with E-state index in [0.717, 1.165) is 0 Å². The number of hydrogen-bond acceptors (Lipinski definition) is 7. The largest absolute Gasteiger partial charge is 0.504 e. The standard InChI is InChI=1S/C31H22F2N2O6/c1-39-28-14-21-23(15-24(28)36)34-10-8-26(21)41-27-7-2-17(12-22(27)33)13-25(37)29-30-18(9-11-40-30)16-35(31(29)38)20-5-3-19(32)4-6-20/h2-8,10,12,14-16,36H,9,11,13H2,1H3. The number of halogens is 2. The molecule has 0 spiro atoms. The number of phenols is 1. The second kappa shape index (κ2) is 10.4. The number of carbonyl (C=O) groups is 1. The van der Waals surface area contributed by atoms with Gasteiger partial charge in [-0.3, -0.25) is 19.1 Å². The molecule has 3 heterocycles. The number of rotatable bonds is 7. The lowest BCUT2D eigenvalue weighted by Crippen LogP contribution is -2.27. The molecule has 10 heteroatoms. The van der Waals surface area contributed by atoms with Crippen molar-refractivity contribution in [3.05, 3.63) is 112 Å². The van der Waals surface area contributed by atoms with Crippen LogP contribution in [0.4, 0.5) is 8.78 Å². The molecule has 2 aromatic heterocycles. The third-order valence-corrected chi connectivity index (χ3v) is 6.82. The first kappa shape index (κ1) is 26.0. The number of aromatic hydroxyl groups is 1. The number of methoxy groups -OCH3 is 1. The highest BCUT2D eigenvalue weighted by Gasteiger charge is 2.27.